The van der Waals surface area contributed by atoms with Crippen LogP contribution in [0.5, 0.6) is 0 Å². The van der Waals surface area contributed by atoms with Gasteiger partial charge in [-0.25, -0.2) is 4.79 Å². The van der Waals surface area contributed by atoms with Crippen LogP contribution in [0.25, 0.3) is 0 Å². The van der Waals surface area contributed by atoms with Gasteiger partial charge in [-0.15, -0.1) is 0 Å². The van der Waals surface area contributed by atoms with Crippen LogP contribution in [0.4, 0.5) is 10.5 Å². The molecule has 1 aromatic rings. The van der Waals surface area contributed by atoms with Gasteiger partial charge in [0.05, 0.1) is 13.0 Å². The molecule has 3 N–H and O–H groups in total. The summed E-state index contributed by atoms with van der Waals surface area (Å²) in [5.41, 5.74) is 0.863. The Labute approximate surface area is 115 Å². The number of hydrogen-bond acceptors (Lipinski definition) is 4. The van der Waals surface area contributed by atoms with Gasteiger partial charge in [0.1, 0.15) is 6.54 Å². The van der Waals surface area contributed by atoms with Crippen LogP contribution in [-0.2, 0) is 20.7 Å². The zero-order chi connectivity index (χ0) is 15.0. The zero-order valence-electron chi connectivity index (χ0n) is 11.0. The summed E-state index contributed by atoms with van der Waals surface area (Å²) in [6.07, 6.45) is -0.200. The van der Waals surface area contributed by atoms with E-state index in [0.29, 0.717) is 11.3 Å². The molecule has 0 heterocycles. The number of ether oxygens (including phenoxy) is 1. The van der Waals surface area contributed by atoms with Crippen LogP contribution in [-0.4, -0.2) is 36.2 Å². The van der Waals surface area contributed by atoms with E-state index >= 15 is 0 Å². The second-order valence-corrected chi connectivity index (χ2v) is 3.84. The highest BCUT2D eigenvalue weighted by Gasteiger charge is 2.10. The van der Waals surface area contributed by atoms with E-state index in [-0.39, 0.29) is 19.6 Å². The highest BCUT2D eigenvalue weighted by atomic mass is 16.5. The molecule has 0 fully saturated rings. The summed E-state index contributed by atoms with van der Waals surface area (Å²) in [5, 5.41) is 13.6. The van der Waals surface area contributed by atoms with E-state index in [1.807, 2.05) is 0 Å². The van der Waals surface area contributed by atoms with Crippen LogP contribution in [0, 0.1) is 0 Å². The van der Waals surface area contributed by atoms with Crippen molar-refractivity contribution in [3.8, 4) is 0 Å². The van der Waals surface area contributed by atoms with Crippen molar-refractivity contribution in [3.05, 3.63) is 29.8 Å². The average molecular weight is 280 g/mol. The summed E-state index contributed by atoms with van der Waals surface area (Å²) in [5.74, 6) is -1.53. The van der Waals surface area contributed by atoms with Crippen molar-refractivity contribution in [2.45, 2.75) is 13.3 Å². The number of para-hydroxylation sites is 1. The number of carbonyl (C=O) groups is 3. The lowest BCUT2D eigenvalue weighted by Gasteiger charge is -2.10. The summed E-state index contributed by atoms with van der Waals surface area (Å²) in [4.78, 5) is 33.4. The van der Waals surface area contributed by atoms with E-state index in [2.05, 4.69) is 15.4 Å². The largest absolute Gasteiger partial charge is 0.481 e. The third kappa shape index (κ3) is 5.38. The van der Waals surface area contributed by atoms with E-state index in [0.717, 1.165) is 0 Å². The van der Waals surface area contributed by atoms with Crippen LogP contribution in [0.2, 0.25) is 0 Å². The highest BCUT2D eigenvalue weighted by Crippen LogP contribution is 2.15. The number of benzene rings is 1. The van der Waals surface area contributed by atoms with Gasteiger partial charge < -0.3 is 20.5 Å². The molecule has 1 rings (SSSR count). The molecule has 0 saturated carbocycles. The molecule has 7 nitrogen and oxygen atoms in total. The molecule has 2 amide bonds. The van der Waals surface area contributed by atoms with Crippen molar-refractivity contribution in [3.63, 3.8) is 0 Å². The highest BCUT2D eigenvalue weighted by molar-refractivity contribution is 5.92. The molecule has 0 aliphatic rings. The second kappa shape index (κ2) is 7.78. The van der Waals surface area contributed by atoms with Gasteiger partial charge in [0, 0.05) is 5.69 Å². The summed E-state index contributed by atoms with van der Waals surface area (Å²) in [7, 11) is 0. The lowest BCUT2D eigenvalue weighted by molar-refractivity contribution is -0.141. The minimum Gasteiger partial charge on any atom is -0.481 e. The molecule has 0 aliphatic carbocycles. The van der Waals surface area contributed by atoms with Gasteiger partial charge in [0.15, 0.2) is 0 Å². The maximum absolute atomic E-state index is 11.6. The maximum atomic E-state index is 11.6. The Balaban J connectivity index is 2.57. The molecule has 108 valence electrons. The van der Waals surface area contributed by atoms with E-state index in [1.54, 1.807) is 31.2 Å². The van der Waals surface area contributed by atoms with Gasteiger partial charge >= 0.3 is 18.0 Å². The lowest BCUT2D eigenvalue weighted by atomic mass is 10.1. The molecule has 7 heteroatoms. The number of amides is 2. The molecular formula is C13H16N2O5. The quantitative estimate of drug-likeness (QED) is 0.674. The molecule has 0 unspecified atom stereocenters. The predicted octanol–water partition coefficient (Wildman–Crippen LogP) is 0.998. The fourth-order valence-corrected chi connectivity index (χ4v) is 1.49. The lowest BCUT2D eigenvalue weighted by Crippen LogP contribution is -2.34. The summed E-state index contributed by atoms with van der Waals surface area (Å²) in [6, 6.07) is 5.94. The molecule has 0 atom stereocenters. The Morgan fingerprint density at radius 1 is 1.25 bits per heavy atom. The Hall–Kier alpha value is -2.57. The number of carboxylic acids is 1. The molecule has 1 aromatic carbocycles. The Bertz CT molecular complexity index is 501. The molecule has 0 saturated heterocycles. The summed E-state index contributed by atoms with van der Waals surface area (Å²) < 4.78 is 4.66. The molecule has 0 aromatic heterocycles. The first-order valence-corrected chi connectivity index (χ1v) is 6.03. The van der Waals surface area contributed by atoms with Gasteiger partial charge in [-0.3, -0.25) is 9.59 Å². The van der Waals surface area contributed by atoms with Crippen LogP contribution < -0.4 is 10.6 Å². The number of hydrogen-bond donors (Lipinski definition) is 3. The number of carboxylic acid groups (broad SMARTS) is 1. The third-order valence-electron chi connectivity index (χ3n) is 2.31. The maximum Gasteiger partial charge on any atom is 0.325 e. The van der Waals surface area contributed by atoms with E-state index in [9.17, 15) is 14.4 Å². The minimum atomic E-state index is -0.994. The molecule has 0 bridgehead atoms. The topological polar surface area (TPSA) is 105 Å². The first-order chi connectivity index (χ1) is 9.52. The number of carbonyl (C=O) groups excluding carboxylic acids is 2. The minimum absolute atomic E-state index is 0.200. The van der Waals surface area contributed by atoms with E-state index < -0.39 is 18.0 Å². The SMILES string of the molecule is CCOC(=O)CNC(=O)Nc1ccccc1CC(=O)O. The predicted molar refractivity (Wildman–Crippen MR) is 71.4 cm³/mol. The number of urea groups is 1. The Kier molecular flexibility index (Phi) is 6.02. The van der Waals surface area contributed by atoms with Crippen molar-refractivity contribution in [2.24, 2.45) is 0 Å². The van der Waals surface area contributed by atoms with Gasteiger partial charge in [0.25, 0.3) is 0 Å². The number of rotatable bonds is 6. The van der Waals surface area contributed by atoms with Crippen molar-refractivity contribution in [1.82, 2.24) is 5.32 Å². The van der Waals surface area contributed by atoms with Gasteiger partial charge in [-0.05, 0) is 18.6 Å². The number of anilines is 1. The van der Waals surface area contributed by atoms with Crippen molar-refractivity contribution >= 4 is 23.7 Å². The fraction of sp³-hybridized carbons (Fsp3) is 0.308. The molecule has 0 spiro atoms. The summed E-state index contributed by atoms with van der Waals surface area (Å²) >= 11 is 0. The molecular weight excluding hydrogens is 264 g/mol. The monoisotopic (exact) mass is 280 g/mol. The zero-order valence-corrected chi connectivity index (χ0v) is 11.0. The Morgan fingerprint density at radius 2 is 1.95 bits per heavy atom. The van der Waals surface area contributed by atoms with Crippen molar-refractivity contribution < 1.29 is 24.2 Å². The standard InChI is InChI=1S/C13H16N2O5/c1-2-20-12(18)8-14-13(19)15-10-6-4-3-5-9(10)7-11(16)17/h3-6H,2,7-8H2,1H3,(H,16,17)(H2,14,15,19). The number of aliphatic carboxylic acids is 1. The van der Waals surface area contributed by atoms with Crippen LogP contribution in [0.15, 0.2) is 24.3 Å². The van der Waals surface area contributed by atoms with E-state index in [1.165, 1.54) is 0 Å². The van der Waals surface area contributed by atoms with Crippen LogP contribution in [0.3, 0.4) is 0 Å². The second-order valence-electron chi connectivity index (χ2n) is 3.84. The third-order valence-corrected chi connectivity index (χ3v) is 2.31. The summed E-state index contributed by atoms with van der Waals surface area (Å²) in [6.45, 7) is 1.66. The van der Waals surface area contributed by atoms with Gasteiger partial charge in [0.2, 0.25) is 0 Å². The van der Waals surface area contributed by atoms with Gasteiger partial charge in [-0.1, -0.05) is 18.2 Å². The normalized spacial score (nSPS) is 9.65. The van der Waals surface area contributed by atoms with Crippen molar-refractivity contribution in [2.75, 3.05) is 18.5 Å². The number of esters is 1. The fourth-order valence-electron chi connectivity index (χ4n) is 1.49. The van der Waals surface area contributed by atoms with E-state index in [4.69, 9.17) is 5.11 Å². The smallest absolute Gasteiger partial charge is 0.325 e. The van der Waals surface area contributed by atoms with Gasteiger partial charge in [-0.2, -0.15) is 0 Å². The first kappa shape index (κ1) is 15.5. The molecule has 0 radical (unpaired) electrons. The van der Waals surface area contributed by atoms with Crippen LogP contribution in [0.1, 0.15) is 12.5 Å². The average Bonchev–Trinajstić information content (AvgIpc) is 2.38. The molecule has 0 aliphatic heterocycles. The molecule has 20 heavy (non-hydrogen) atoms. The van der Waals surface area contributed by atoms with Crippen LogP contribution >= 0.6 is 0 Å². The first-order valence-electron chi connectivity index (χ1n) is 6.03. The van der Waals surface area contributed by atoms with Crippen molar-refractivity contribution in [1.29, 1.82) is 0 Å². The number of nitrogens with one attached hydrogen (secondary N) is 2. The Morgan fingerprint density at radius 3 is 2.60 bits per heavy atom.